The normalized spacial score (nSPS) is 10.2. The maximum absolute atomic E-state index is 12.2. The van der Waals surface area contributed by atoms with E-state index in [4.69, 9.17) is 0 Å². The summed E-state index contributed by atoms with van der Waals surface area (Å²) in [5, 5.41) is 13.6. The van der Waals surface area contributed by atoms with Crippen LogP contribution in [0.4, 0.5) is 11.4 Å². The highest BCUT2D eigenvalue weighted by atomic mass is 79.9. The summed E-state index contributed by atoms with van der Waals surface area (Å²) in [6, 6.07) is 9.85. The molecule has 0 aromatic heterocycles. The number of nitrogens with zero attached hydrogens (tertiary/aromatic N) is 1. The zero-order chi connectivity index (χ0) is 15.6. The number of nitro groups is 1. The van der Waals surface area contributed by atoms with Gasteiger partial charge in [0, 0.05) is 27.4 Å². The van der Waals surface area contributed by atoms with Gasteiger partial charge in [-0.3, -0.25) is 14.9 Å². The summed E-state index contributed by atoms with van der Waals surface area (Å²) in [6.45, 7) is 3.55. The van der Waals surface area contributed by atoms with E-state index < -0.39 is 4.92 Å². The molecule has 0 saturated heterocycles. The summed E-state index contributed by atoms with van der Waals surface area (Å²) >= 11 is 3.39. The molecule has 0 bridgehead atoms. The standard InChI is InChI=1S/C15H13BrN2O3/c1-9-3-4-11(8-14(9)18(20)21)15(19)17-12-5-6-13(16)10(2)7-12/h3-8H,1-2H3,(H,17,19). The minimum atomic E-state index is -0.490. The Morgan fingerprint density at radius 2 is 1.86 bits per heavy atom. The maximum atomic E-state index is 12.2. The molecule has 0 saturated carbocycles. The van der Waals surface area contributed by atoms with Crippen LogP contribution in [0.1, 0.15) is 21.5 Å². The van der Waals surface area contributed by atoms with Gasteiger partial charge in [-0.15, -0.1) is 0 Å². The van der Waals surface area contributed by atoms with Crippen LogP contribution in [0, 0.1) is 24.0 Å². The van der Waals surface area contributed by atoms with Crippen molar-refractivity contribution in [1.82, 2.24) is 0 Å². The number of nitro benzene ring substituents is 1. The molecule has 21 heavy (non-hydrogen) atoms. The Morgan fingerprint density at radius 1 is 1.14 bits per heavy atom. The Hall–Kier alpha value is -2.21. The van der Waals surface area contributed by atoms with Crippen molar-refractivity contribution < 1.29 is 9.72 Å². The summed E-state index contributed by atoms with van der Waals surface area (Å²) in [6.07, 6.45) is 0. The average molecular weight is 349 g/mol. The number of rotatable bonds is 3. The lowest BCUT2D eigenvalue weighted by Crippen LogP contribution is -2.12. The molecule has 2 aromatic rings. The van der Waals surface area contributed by atoms with Gasteiger partial charge in [0.15, 0.2) is 0 Å². The molecule has 5 nitrogen and oxygen atoms in total. The first-order chi connectivity index (χ1) is 9.88. The number of carbonyl (C=O) groups excluding carboxylic acids is 1. The number of anilines is 1. The number of hydrogen-bond acceptors (Lipinski definition) is 3. The van der Waals surface area contributed by atoms with Gasteiger partial charge in [-0.2, -0.15) is 0 Å². The third kappa shape index (κ3) is 3.46. The summed E-state index contributed by atoms with van der Waals surface area (Å²) < 4.78 is 0.950. The maximum Gasteiger partial charge on any atom is 0.273 e. The van der Waals surface area contributed by atoms with Gasteiger partial charge >= 0.3 is 0 Å². The Balaban J connectivity index is 2.26. The van der Waals surface area contributed by atoms with Crippen molar-refractivity contribution >= 4 is 33.2 Å². The largest absolute Gasteiger partial charge is 0.322 e. The van der Waals surface area contributed by atoms with E-state index in [9.17, 15) is 14.9 Å². The first-order valence-corrected chi connectivity index (χ1v) is 7.00. The number of benzene rings is 2. The number of aryl methyl sites for hydroxylation is 2. The van der Waals surface area contributed by atoms with Gasteiger partial charge in [-0.25, -0.2) is 0 Å². The quantitative estimate of drug-likeness (QED) is 0.666. The molecular formula is C15H13BrN2O3. The van der Waals surface area contributed by atoms with Crippen LogP contribution in [0.5, 0.6) is 0 Å². The van der Waals surface area contributed by atoms with Crippen molar-refractivity contribution in [2.45, 2.75) is 13.8 Å². The zero-order valence-corrected chi connectivity index (χ0v) is 13.1. The van der Waals surface area contributed by atoms with Crippen molar-refractivity contribution in [3.05, 3.63) is 67.7 Å². The molecule has 2 aromatic carbocycles. The average Bonchev–Trinajstić information content (AvgIpc) is 2.43. The second-order valence-electron chi connectivity index (χ2n) is 4.68. The molecule has 108 valence electrons. The van der Waals surface area contributed by atoms with Gasteiger partial charge in [-0.1, -0.05) is 22.0 Å². The topological polar surface area (TPSA) is 72.2 Å². The molecular weight excluding hydrogens is 336 g/mol. The zero-order valence-electron chi connectivity index (χ0n) is 11.5. The van der Waals surface area contributed by atoms with E-state index in [1.165, 1.54) is 6.07 Å². The number of hydrogen-bond donors (Lipinski definition) is 1. The SMILES string of the molecule is Cc1cc(NC(=O)c2ccc(C)c([N+](=O)[O-])c2)ccc1Br. The molecule has 0 atom stereocenters. The van der Waals surface area contributed by atoms with Crippen molar-refractivity contribution in [2.75, 3.05) is 5.32 Å². The van der Waals surface area contributed by atoms with Gasteiger partial charge in [0.25, 0.3) is 11.6 Å². The number of carbonyl (C=O) groups is 1. The van der Waals surface area contributed by atoms with Crippen LogP contribution in [0.15, 0.2) is 40.9 Å². The first kappa shape index (κ1) is 15.2. The van der Waals surface area contributed by atoms with E-state index in [1.54, 1.807) is 25.1 Å². The van der Waals surface area contributed by atoms with Crippen LogP contribution in [-0.2, 0) is 0 Å². The van der Waals surface area contributed by atoms with Gasteiger partial charge in [0.2, 0.25) is 0 Å². The van der Waals surface area contributed by atoms with Crippen LogP contribution in [0.2, 0.25) is 0 Å². The van der Waals surface area contributed by atoms with Crippen molar-refractivity contribution in [2.24, 2.45) is 0 Å². The van der Waals surface area contributed by atoms with E-state index in [2.05, 4.69) is 21.2 Å². The fourth-order valence-electron chi connectivity index (χ4n) is 1.87. The van der Waals surface area contributed by atoms with E-state index in [0.29, 0.717) is 11.3 Å². The Morgan fingerprint density at radius 3 is 2.48 bits per heavy atom. The van der Waals surface area contributed by atoms with Crippen LogP contribution < -0.4 is 5.32 Å². The van der Waals surface area contributed by atoms with E-state index >= 15 is 0 Å². The second-order valence-corrected chi connectivity index (χ2v) is 5.53. The van der Waals surface area contributed by atoms with Crippen LogP contribution in [0.25, 0.3) is 0 Å². The minimum absolute atomic E-state index is 0.0605. The first-order valence-electron chi connectivity index (χ1n) is 6.21. The fourth-order valence-corrected chi connectivity index (χ4v) is 2.12. The Kier molecular flexibility index (Phi) is 4.37. The molecule has 0 unspecified atom stereocenters. The summed E-state index contributed by atoms with van der Waals surface area (Å²) in [4.78, 5) is 22.6. The summed E-state index contributed by atoms with van der Waals surface area (Å²) in [7, 11) is 0. The monoisotopic (exact) mass is 348 g/mol. The predicted molar refractivity (Wildman–Crippen MR) is 84.7 cm³/mol. The second kappa shape index (κ2) is 6.05. The molecule has 2 rings (SSSR count). The van der Waals surface area contributed by atoms with Gasteiger partial charge in [0.05, 0.1) is 4.92 Å². The van der Waals surface area contributed by atoms with Crippen LogP contribution >= 0.6 is 15.9 Å². The number of amides is 1. The number of halogens is 1. The van der Waals surface area contributed by atoms with Crippen molar-refractivity contribution in [3.8, 4) is 0 Å². The van der Waals surface area contributed by atoms with Gasteiger partial charge in [-0.05, 0) is 43.7 Å². The van der Waals surface area contributed by atoms with E-state index in [0.717, 1.165) is 10.0 Å². The third-order valence-corrected chi connectivity index (χ3v) is 3.97. The lowest BCUT2D eigenvalue weighted by molar-refractivity contribution is -0.385. The van der Waals surface area contributed by atoms with E-state index in [1.807, 2.05) is 19.1 Å². The molecule has 0 heterocycles. The minimum Gasteiger partial charge on any atom is -0.322 e. The molecule has 0 fully saturated rings. The highest BCUT2D eigenvalue weighted by Crippen LogP contribution is 2.22. The van der Waals surface area contributed by atoms with Gasteiger partial charge < -0.3 is 5.32 Å². The Labute approximate surface area is 130 Å². The fraction of sp³-hybridized carbons (Fsp3) is 0.133. The lowest BCUT2D eigenvalue weighted by Gasteiger charge is -2.07. The smallest absolute Gasteiger partial charge is 0.273 e. The Bertz CT molecular complexity index is 729. The molecule has 0 aliphatic heterocycles. The molecule has 0 aliphatic carbocycles. The molecule has 1 amide bonds. The highest BCUT2D eigenvalue weighted by Gasteiger charge is 2.15. The molecule has 1 N–H and O–H groups in total. The lowest BCUT2D eigenvalue weighted by atomic mass is 10.1. The highest BCUT2D eigenvalue weighted by molar-refractivity contribution is 9.10. The molecule has 0 aliphatic rings. The number of nitrogens with one attached hydrogen (secondary N) is 1. The predicted octanol–water partition coefficient (Wildman–Crippen LogP) is 4.23. The van der Waals surface area contributed by atoms with Crippen molar-refractivity contribution in [1.29, 1.82) is 0 Å². The molecule has 0 radical (unpaired) electrons. The van der Waals surface area contributed by atoms with Crippen LogP contribution in [-0.4, -0.2) is 10.8 Å². The van der Waals surface area contributed by atoms with Gasteiger partial charge in [0.1, 0.15) is 0 Å². The van der Waals surface area contributed by atoms with E-state index in [-0.39, 0.29) is 17.2 Å². The molecule has 6 heteroatoms. The summed E-state index contributed by atoms with van der Waals surface area (Å²) in [5.74, 6) is -0.375. The third-order valence-electron chi connectivity index (χ3n) is 3.08. The van der Waals surface area contributed by atoms with Crippen molar-refractivity contribution in [3.63, 3.8) is 0 Å². The summed E-state index contributed by atoms with van der Waals surface area (Å²) in [5.41, 5.74) is 2.35. The molecule has 0 spiro atoms. The van der Waals surface area contributed by atoms with Crippen LogP contribution in [0.3, 0.4) is 0 Å².